The Morgan fingerprint density at radius 3 is 2.42 bits per heavy atom. The van der Waals surface area contributed by atoms with E-state index in [1.807, 2.05) is 38.1 Å². The molecule has 0 spiro atoms. The van der Waals surface area contributed by atoms with Gasteiger partial charge in [0.25, 0.3) is 0 Å². The quantitative estimate of drug-likeness (QED) is 0.494. The molecule has 2 aromatic heterocycles. The van der Waals surface area contributed by atoms with Gasteiger partial charge in [-0.05, 0) is 60.9 Å². The molecule has 0 aliphatic rings. The van der Waals surface area contributed by atoms with Crippen LogP contribution in [0.4, 0.5) is 0 Å². The normalized spacial score (nSPS) is 11.2. The molecule has 0 aliphatic heterocycles. The molecular formula is C20H14O4. The highest BCUT2D eigenvalue weighted by Gasteiger charge is 2.13. The summed E-state index contributed by atoms with van der Waals surface area (Å²) >= 11 is 0. The summed E-state index contributed by atoms with van der Waals surface area (Å²) in [4.78, 5) is 23.8. The van der Waals surface area contributed by atoms with E-state index in [9.17, 15) is 9.59 Å². The SMILES string of the molecule is Cc1cc2oc(=O)ccc2cc1-c1cc2c(C)cccc2oc1=O. The fourth-order valence-electron chi connectivity index (χ4n) is 2.98. The molecule has 24 heavy (non-hydrogen) atoms. The second kappa shape index (κ2) is 5.20. The maximum atomic E-state index is 12.4. The summed E-state index contributed by atoms with van der Waals surface area (Å²) in [7, 11) is 0. The number of fused-ring (bicyclic) bond motifs is 2. The van der Waals surface area contributed by atoms with Crippen molar-refractivity contribution in [1.82, 2.24) is 0 Å². The zero-order valence-corrected chi connectivity index (χ0v) is 13.3. The predicted molar refractivity (Wildman–Crippen MR) is 93.4 cm³/mol. The maximum absolute atomic E-state index is 12.4. The minimum atomic E-state index is -0.393. The fraction of sp³-hybridized carbons (Fsp3) is 0.100. The molecule has 0 bridgehead atoms. The highest BCUT2D eigenvalue weighted by atomic mass is 16.4. The first-order chi connectivity index (χ1) is 11.5. The number of hydrogen-bond donors (Lipinski definition) is 0. The Balaban J connectivity index is 2.05. The molecule has 0 fully saturated rings. The van der Waals surface area contributed by atoms with Crippen molar-refractivity contribution in [2.24, 2.45) is 0 Å². The van der Waals surface area contributed by atoms with Crippen molar-refractivity contribution in [3.63, 3.8) is 0 Å². The van der Waals surface area contributed by atoms with Crippen LogP contribution in [0.5, 0.6) is 0 Å². The van der Waals surface area contributed by atoms with Crippen molar-refractivity contribution in [3.05, 3.63) is 80.5 Å². The van der Waals surface area contributed by atoms with Crippen LogP contribution in [0.2, 0.25) is 0 Å². The third kappa shape index (κ3) is 2.24. The Labute approximate surface area is 137 Å². The van der Waals surface area contributed by atoms with Gasteiger partial charge in [0.15, 0.2) is 0 Å². The molecule has 0 radical (unpaired) electrons. The van der Waals surface area contributed by atoms with Crippen LogP contribution in [-0.2, 0) is 0 Å². The molecule has 2 aromatic carbocycles. The molecule has 0 saturated carbocycles. The topological polar surface area (TPSA) is 60.4 Å². The molecule has 4 heteroatoms. The van der Waals surface area contributed by atoms with Gasteiger partial charge in [0.05, 0.1) is 5.56 Å². The molecular weight excluding hydrogens is 304 g/mol. The van der Waals surface area contributed by atoms with Crippen molar-refractivity contribution < 1.29 is 8.83 Å². The van der Waals surface area contributed by atoms with Crippen LogP contribution in [0.1, 0.15) is 11.1 Å². The van der Waals surface area contributed by atoms with Crippen LogP contribution in [0.3, 0.4) is 0 Å². The van der Waals surface area contributed by atoms with Gasteiger partial charge in [-0.3, -0.25) is 0 Å². The Hall–Kier alpha value is -3.14. The van der Waals surface area contributed by atoms with Gasteiger partial charge in [0, 0.05) is 16.8 Å². The van der Waals surface area contributed by atoms with Crippen LogP contribution in [-0.4, -0.2) is 0 Å². The largest absolute Gasteiger partial charge is 0.423 e. The van der Waals surface area contributed by atoms with E-state index in [4.69, 9.17) is 8.83 Å². The first-order valence-electron chi connectivity index (χ1n) is 7.61. The number of hydrogen-bond acceptors (Lipinski definition) is 4. The van der Waals surface area contributed by atoms with Crippen LogP contribution >= 0.6 is 0 Å². The summed E-state index contributed by atoms with van der Waals surface area (Å²) in [5.41, 5.74) is 3.47. The Morgan fingerprint density at radius 2 is 1.58 bits per heavy atom. The zero-order valence-electron chi connectivity index (χ0n) is 13.3. The van der Waals surface area contributed by atoms with E-state index in [-0.39, 0.29) is 5.63 Å². The van der Waals surface area contributed by atoms with E-state index in [1.165, 1.54) is 6.07 Å². The summed E-state index contributed by atoms with van der Waals surface area (Å²) in [5.74, 6) is 0. The van der Waals surface area contributed by atoms with Gasteiger partial charge >= 0.3 is 11.3 Å². The van der Waals surface area contributed by atoms with Crippen molar-refractivity contribution in [2.75, 3.05) is 0 Å². The van der Waals surface area contributed by atoms with Crippen molar-refractivity contribution in [3.8, 4) is 11.1 Å². The molecule has 0 unspecified atom stereocenters. The fourth-order valence-corrected chi connectivity index (χ4v) is 2.98. The lowest BCUT2D eigenvalue weighted by Gasteiger charge is -2.08. The van der Waals surface area contributed by atoms with Crippen molar-refractivity contribution in [2.45, 2.75) is 13.8 Å². The molecule has 4 nitrogen and oxygen atoms in total. The van der Waals surface area contributed by atoms with Gasteiger partial charge in [-0.2, -0.15) is 0 Å². The highest BCUT2D eigenvalue weighted by molar-refractivity contribution is 5.89. The summed E-state index contributed by atoms with van der Waals surface area (Å²) in [5, 5.41) is 1.67. The van der Waals surface area contributed by atoms with Crippen LogP contribution in [0.15, 0.2) is 67.0 Å². The van der Waals surface area contributed by atoms with Crippen LogP contribution < -0.4 is 11.3 Å². The summed E-state index contributed by atoms with van der Waals surface area (Å²) in [6, 6.07) is 14.2. The van der Waals surface area contributed by atoms with E-state index in [0.29, 0.717) is 16.7 Å². The first-order valence-corrected chi connectivity index (χ1v) is 7.61. The van der Waals surface area contributed by atoms with E-state index in [2.05, 4.69) is 0 Å². The average Bonchev–Trinajstić information content (AvgIpc) is 2.54. The van der Waals surface area contributed by atoms with Crippen LogP contribution in [0, 0.1) is 13.8 Å². The van der Waals surface area contributed by atoms with E-state index >= 15 is 0 Å². The maximum Gasteiger partial charge on any atom is 0.344 e. The Bertz CT molecular complexity index is 1210. The molecule has 0 atom stereocenters. The number of rotatable bonds is 1. The van der Waals surface area contributed by atoms with Crippen LogP contribution in [0.25, 0.3) is 33.1 Å². The summed E-state index contributed by atoms with van der Waals surface area (Å²) in [6.45, 7) is 3.86. The number of aryl methyl sites for hydroxylation is 2. The third-order valence-electron chi connectivity index (χ3n) is 4.25. The van der Waals surface area contributed by atoms with Gasteiger partial charge < -0.3 is 8.83 Å². The second-order valence-electron chi connectivity index (χ2n) is 5.89. The van der Waals surface area contributed by atoms with E-state index in [1.54, 1.807) is 18.2 Å². The molecule has 4 aromatic rings. The zero-order chi connectivity index (χ0) is 16.8. The lowest BCUT2D eigenvalue weighted by Crippen LogP contribution is -2.04. The Kier molecular flexibility index (Phi) is 3.13. The summed E-state index contributed by atoms with van der Waals surface area (Å²) in [6.07, 6.45) is 0. The monoisotopic (exact) mass is 318 g/mol. The van der Waals surface area contributed by atoms with Gasteiger partial charge in [-0.15, -0.1) is 0 Å². The number of benzene rings is 2. The van der Waals surface area contributed by atoms with Gasteiger partial charge in [-0.25, -0.2) is 9.59 Å². The minimum absolute atomic E-state index is 0.382. The molecule has 4 rings (SSSR count). The standard InChI is InChI=1S/C20H14O4/c1-11-4-3-5-17-15(11)10-16(20(22)24-17)14-9-13-6-7-19(21)23-18(13)8-12(14)2/h3-10H,1-2H3. The Morgan fingerprint density at radius 1 is 0.750 bits per heavy atom. The molecule has 0 N–H and O–H groups in total. The molecule has 2 heterocycles. The molecule has 0 amide bonds. The molecule has 0 saturated heterocycles. The van der Waals surface area contributed by atoms with Crippen molar-refractivity contribution >= 4 is 21.9 Å². The van der Waals surface area contributed by atoms with Crippen molar-refractivity contribution in [1.29, 1.82) is 0 Å². The van der Waals surface area contributed by atoms with Gasteiger partial charge in [0.2, 0.25) is 0 Å². The first kappa shape index (κ1) is 14.5. The predicted octanol–water partition coefficient (Wildman–Crippen LogP) is 4.18. The summed E-state index contributed by atoms with van der Waals surface area (Å²) < 4.78 is 10.7. The highest BCUT2D eigenvalue weighted by Crippen LogP contribution is 2.28. The third-order valence-corrected chi connectivity index (χ3v) is 4.25. The lowest BCUT2D eigenvalue weighted by atomic mass is 9.98. The smallest absolute Gasteiger partial charge is 0.344 e. The van der Waals surface area contributed by atoms with E-state index < -0.39 is 5.63 Å². The second-order valence-corrected chi connectivity index (χ2v) is 5.89. The molecule has 0 aliphatic carbocycles. The van der Waals surface area contributed by atoms with Gasteiger partial charge in [0.1, 0.15) is 11.2 Å². The minimum Gasteiger partial charge on any atom is -0.423 e. The van der Waals surface area contributed by atoms with E-state index in [0.717, 1.165) is 27.5 Å². The van der Waals surface area contributed by atoms with Gasteiger partial charge in [-0.1, -0.05) is 12.1 Å². The average molecular weight is 318 g/mol. The molecule has 118 valence electrons. The lowest BCUT2D eigenvalue weighted by molar-refractivity contribution is 0.560.